The second-order valence-electron chi connectivity index (χ2n) is 6.04. The maximum Gasteiger partial charge on any atom is 0.328 e. The maximum atomic E-state index is 14.3. The van der Waals surface area contributed by atoms with Crippen LogP contribution < -0.4 is 4.90 Å². The molecule has 0 spiro atoms. The first-order valence-corrected chi connectivity index (χ1v) is 6.96. The first-order chi connectivity index (χ1) is 9.79. The van der Waals surface area contributed by atoms with E-state index in [9.17, 15) is 9.18 Å². The van der Waals surface area contributed by atoms with Crippen LogP contribution in [0.3, 0.4) is 0 Å². The van der Waals surface area contributed by atoms with Gasteiger partial charge >= 0.3 is 5.97 Å². The van der Waals surface area contributed by atoms with E-state index in [1.165, 1.54) is 12.1 Å². The lowest BCUT2D eigenvalue weighted by atomic mass is 9.99. The van der Waals surface area contributed by atoms with Crippen molar-refractivity contribution in [2.24, 2.45) is 0 Å². The largest absolute Gasteiger partial charge is 0.478 e. The van der Waals surface area contributed by atoms with Crippen LogP contribution in [0.5, 0.6) is 0 Å². The van der Waals surface area contributed by atoms with Crippen LogP contribution in [0, 0.1) is 5.82 Å². The van der Waals surface area contributed by atoms with Crippen molar-refractivity contribution in [3.05, 3.63) is 35.7 Å². The number of benzene rings is 1. The third kappa shape index (κ3) is 3.61. The molecule has 0 aliphatic carbocycles. The fraction of sp³-hybridized carbons (Fsp3) is 0.438. The molecule has 1 fully saturated rings. The maximum absolute atomic E-state index is 14.3. The molecule has 0 bridgehead atoms. The third-order valence-corrected chi connectivity index (χ3v) is 4.05. The molecule has 4 nitrogen and oxygen atoms in total. The molecule has 1 saturated heterocycles. The highest BCUT2D eigenvalue weighted by atomic mass is 19.1. The molecule has 5 heteroatoms. The Hall–Kier alpha value is -1.88. The second kappa shape index (κ2) is 5.85. The SMILES string of the molecule is CN1CCN(c2ccc(C=CC(=O)O)cc2F)CC1(C)C. The highest BCUT2D eigenvalue weighted by Gasteiger charge is 2.31. The van der Waals surface area contributed by atoms with Gasteiger partial charge in [-0.25, -0.2) is 9.18 Å². The molecule has 1 aliphatic heterocycles. The molecule has 0 atom stereocenters. The van der Waals surface area contributed by atoms with Gasteiger partial charge in [0, 0.05) is 31.2 Å². The van der Waals surface area contributed by atoms with E-state index in [0.29, 0.717) is 11.3 Å². The fourth-order valence-corrected chi connectivity index (χ4v) is 2.50. The number of hydrogen-bond acceptors (Lipinski definition) is 3. The molecule has 0 unspecified atom stereocenters. The highest BCUT2D eigenvalue weighted by molar-refractivity contribution is 5.85. The zero-order valence-corrected chi connectivity index (χ0v) is 12.6. The molecule has 2 rings (SSSR count). The molecule has 1 aromatic carbocycles. The number of likely N-dealkylation sites (N-methyl/N-ethyl adjacent to an activating group) is 1. The van der Waals surface area contributed by atoms with E-state index in [-0.39, 0.29) is 11.4 Å². The molecule has 1 aliphatic rings. The van der Waals surface area contributed by atoms with Crippen molar-refractivity contribution in [2.75, 3.05) is 31.6 Å². The van der Waals surface area contributed by atoms with E-state index in [2.05, 4.69) is 25.8 Å². The Morgan fingerprint density at radius 2 is 2.10 bits per heavy atom. The monoisotopic (exact) mass is 292 g/mol. The quantitative estimate of drug-likeness (QED) is 0.869. The lowest BCUT2D eigenvalue weighted by Crippen LogP contribution is -2.57. The Morgan fingerprint density at radius 3 is 2.67 bits per heavy atom. The Morgan fingerprint density at radius 1 is 1.38 bits per heavy atom. The first kappa shape index (κ1) is 15.5. The van der Waals surface area contributed by atoms with E-state index in [4.69, 9.17) is 5.11 Å². The number of anilines is 1. The van der Waals surface area contributed by atoms with Gasteiger partial charge in [0.25, 0.3) is 0 Å². The molecule has 0 aromatic heterocycles. The number of aliphatic carboxylic acids is 1. The number of carboxylic acids is 1. The second-order valence-corrected chi connectivity index (χ2v) is 6.04. The van der Waals surface area contributed by atoms with Crippen LogP contribution in [0.4, 0.5) is 10.1 Å². The van der Waals surface area contributed by atoms with Crippen molar-refractivity contribution >= 4 is 17.7 Å². The van der Waals surface area contributed by atoms with Crippen LogP contribution in [0.25, 0.3) is 6.08 Å². The van der Waals surface area contributed by atoms with Gasteiger partial charge in [-0.05, 0) is 44.7 Å². The summed E-state index contributed by atoms with van der Waals surface area (Å²) in [6.07, 6.45) is 2.40. The summed E-state index contributed by atoms with van der Waals surface area (Å²) in [6.45, 7) is 6.70. The molecule has 0 amide bonds. The standard InChI is InChI=1S/C16H21FN2O2/c1-16(2)11-19(9-8-18(16)3)14-6-4-12(10-13(14)17)5-7-15(20)21/h4-7,10H,8-9,11H2,1-3H3,(H,20,21). The van der Waals surface area contributed by atoms with E-state index >= 15 is 0 Å². The number of halogens is 1. The zero-order valence-electron chi connectivity index (χ0n) is 12.6. The minimum Gasteiger partial charge on any atom is -0.478 e. The normalized spacial score (nSPS) is 19.1. The van der Waals surface area contributed by atoms with E-state index < -0.39 is 5.97 Å². The fourth-order valence-electron chi connectivity index (χ4n) is 2.50. The van der Waals surface area contributed by atoms with Crippen molar-refractivity contribution in [1.29, 1.82) is 0 Å². The van der Waals surface area contributed by atoms with Gasteiger partial charge in [0.15, 0.2) is 0 Å². The minimum atomic E-state index is -1.04. The minimum absolute atomic E-state index is 0.00737. The Balaban J connectivity index is 2.20. The predicted octanol–water partition coefficient (Wildman–Crippen LogP) is 2.45. The van der Waals surface area contributed by atoms with E-state index in [1.807, 2.05) is 4.90 Å². The topological polar surface area (TPSA) is 43.8 Å². The molecule has 1 heterocycles. The van der Waals surface area contributed by atoms with E-state index in [1.54, 1.807) is 12.1 Å². The number of rotatable bonds is 3. The van der Waals surface area contributed by atoms with Crippen LogP contribution >= 0.6 is 0 Å². The molecule has 0 radical (unpaired) electrons. The van der Waals surface area contributed by atoms with E-state index in [0.717, 1.165) is 25.7 Å². The summed E-state index contributed by atoms with van der Waals surface area (Å²) < 4.78 is 14.3. The lowest BCUT2D eigenvalue weighted by Gasteiger charge is -2.46. The van der Waals surface area contributed by atoms with Gasteiger partial charge in [-0.3, -0.25) is 4.90 Å². The molecule has 1 N–H and O–H groups in total. The molecule has 114 valence electrons. The van der Waals surface area contributed by atoms with Crippen LogP contribution in [-0.4, -0.2) is 48.2 Å². The van der Waals surface area contributed by atoms with Gasteiger partial charge in [0.1, 0.15) is 5.82 Å². The first-order valence-electron chi connectivity index (χ1n) is 6.96. The third-order valence-electron chi connectivity index (χ3n) is 4.05. The average Bonchev–Trinajstić information content (AvgIpc) is 2.40. The van der Waals surface area contributed by atoms with Crippen molar-refractivity contribution < 1.29 is 14.3 Å². The zero-order chi connectivity index (χ0) is 15.6. The smallest absolute Gasteiger partial charge is 0.328 e. The van der Waals surface area contributed by atoms with Gasteiger partial charge in [-0.1, -0.05) is 6.07 Å². The Labute approximate surface area is 124 Å². The highest BCUT2D eigenvalue weighted by Crippen LogP contribution is 2.27. The number of piperazine rings is 1. The van der Waals surface area contributed by atoms with Gasteiger partial charge in [-0.2, -0.15) is 0 Å². The van der Waals surface area contributed by atoms with Crippen LogP contribution in [0.1, 0.15) is 19.4 Å². The lowest BCUT2D eigenvalue weighted by molar-refractivity contribution is -0.131. The number of carbonyl (C=O) groups is 1. The summed E-state index contributed by atoms with van der Waals surface area (Å²) in [5.74, 6) is -1.36. The van der Waals surface area contributed by atoms with Crippen molar-refractivity contribution in [1.82, 2.24) is 4.90 Å². The molecule has 0 saturated carbocycles. The molecular formula is C16H21FN2O2. The summed E-state index contributed by atoms with van der Waals surface area (Å²) in [5, 5.41) is 8.59. The number of carboxylic acid groups (broad SMARTS) is 1. The molecular weight excluding hydrogens is 271 g/mol. The molecule has 1 aromatic rings. The number of hydrogen-bond donors (Lipinski definition) is 1. The van der Waals surface area contributed by atoms with Crippen molar-refractivity contribution in [3.63, 3.8) is 0 Å². The van der Waals surface area contributed by atoms with Gasteiger partial charge in [0.2, 0.25) is 0 Å². The predicted molar refractivity (Wildman–Crippen MR) is 82.0 cm³/mol. The average molecular weight is 292 g/mol. The van der Waals surface area contributed by atoms with Gasteiger partial charge < -0.3 is 10.0 Å². The summed E-state index contributed by atoms with van der Waals surface area (Å²) in [5.41, 5.74) is 1.11. The Bertz CT molecular complexity index is 569. The summed E-state index contributed by atoms with van der Waals surface area (Å²) in [7, 11) is 2.08. The van der Waals surface area contributed by atoms with Crippen molar-refractivity contribution in [2.45, 2.75) is 19.4 Å². The van der Waals surface area contributed by atoms with Crippen LogP contribution in [0.15, 0.2) is 24.3 Å². The van der Waals surface area contributed by atoms with Gasteiger partial charge in [-0.15, -0.1) is 0 Å². The van der Waals surface area contributed by atoms with Crippen LogP contribution in [-0.2, 0) is 4.79 Å². The van der Waals surface area contributed by atoms with Crippen LogP contribution in [0.2, 0.25) is 0 Å². The number of nitrogens with zero attached hydrogens (tertiary/aromatic N) is 2. The van der Waals surface area contributed by atoms with Crippen molar-refractivity contribution in [3.8, 4) is 0 Å². The van der Waals surface area contributed by atoms with Gasteiger partial charge in [0.05, 0.1) is 5.69 Å². The summed E-state index contributed by atoms with van der Waals surface area (Å²) >= 11 is 0. The summed E-state index contributed by atoms with van der Waals surface area (Å²) in [6, 6.07) is 4.83. The summed E-state index contributed by atoms with van der Waals surface area (Å²) in [4.78, 5) is 14.8. The molecule has 21 heavy (non-hydrogen) atoms. The Kier molecular flexibility index (Phi) is 4.32.